The third-order valence-corrected chi connectivity index (χ3v) is 3.73. The van der Waals surface area contributed by atoms with Gasteiger partial charge in [-0.25, -0.2) is 0 Å². The molecule has 1 saturated heterocycles. The third kappa shape index (κ3) is 3.01. The van der Waals surface area contributed by atoms with Gasteiger partial charge >= 0.3 is 0 Å². The number of rotatable bonds is 4. The Labute approximate surface area is 105 Å². The molecule has 1 aromatic carbocycles. The zero-order valence-electron chi connectivity index (χ0n) is 11.1. The number of anilines is 1. The van der Waals surface area contributed by atoms with E-state index in [0.717, 1.165) is 13.1 Å². The van der Waals surface area contributed by atoms with Crippen LogP contribution in [0.2, 0.25) is 0 Å². The van der Waals surface area contributed by atoms with E-state index in [9.17, 15) is 0 Å². The predicted molar refractivity (Wildman–Crippen MR) is 74.6 cm³/mol. The zero-order chi connectivity index (χ0) is 12.1. The van der Waals surface area contributed by atoms with Crippen LogP contribution in [0.1, 0.15) is 44.7 Å². The van der Waals surface area contributed by atoms with Crippen LogP contribution < -0.4 is 10.2 Å². The molecule has 2 heteroatoms. The van der Waals surface area contributed by atoms with E-state index in [1.54, 1.807) is 0 Å². The Morgan fingerprint density at radius 2 is 1.82 bits per heavy atom. The summed E-state index contributed by atoms with van der Waals surface area (Å²) in [5, 5.41) is 3.60. The molecule has 0 spiro atoms. The first kappa shape index (κ1) is 12.4. The van der Waals surface area contributed by atoms with Crippen LogP contribution in [0.15, 0.2) is 24.3 Å². The Hall–Kier alpha value is -1.02. The van der Waals surface area contributed by atoms with Crippen molar-refractivity contribution in [3.8, 4) is 0 Å². The fraction of sp³-hybridized carbons (Fsp3) is 0.600. The smallest absolute Gasteiger partial charge is 0.0366 e. The van der Waals surface area contributed by atoms with Gasteiger partial charge in [0.2, 0.25) is 0 Å². The van der Waals surface area contributed by atoms with Crippen molar-refractivity contribution in [3.63, 3.8) is 0 Å². The minimum absolute atomic E-state index is 0.578. The summed E-state index contributed by atoms with van der Waals surface area (Å²) in [6.45, 7) is 7.75. The Balaban J connectivity index is 2.06. The molecule has 0 aromatic heterocycles. The van der Waals surface area contributed by atoms with Gasteiger partial charge in [-0.1, -0.05) is 18.6 Å². The highest BCUT2D eigenvalue weighted by atomic mass is 15.1. The summed E-state index contributed by atoms with van der Waals surface area (Å²) in [6.07, 6.45) is 3.97. The van der Waals surface area contributed by atoms with Crippen LogP contribution in [-0.2, 0) is 0 Å². The van der Waals surface area contributed by atoms with Gasteiger partial charge in [0.05, 0.1) is 0 Å². The highest BCUT2D eigenvalue weighted by Crippen LogP contribution is 2.25. The van der Waals surface area contributed by atoms with Gasteiger partial charge in [-0.05, 0) is 50.9 Å². The molecule has 1 aromatic rings. The van der Waals surface area contributed by atoms with E-state index in [1.807, 2.05) is 0 Å². The van der Waals surface area contributed by atoms with Gasteiger partial charge < -0.3 is 10.2 Å². The van der Waals surface area contributed by atoms with Crippen molar-refractivity contribution in [1.82, 2.24) is 5.32 Å². The van der Waals surface area contributed by atoms with Crippen molar-refractivity contribution in [2.24, 2.45) is 0 Å². The second-order valence-corrected chi connectivity index (χ2v) is 4.77. The van der Waals surface area contributed by atoms with Crippen LogP contribution in [0.4, 0.5) is 5.69 Å². The molecule has 0 aliphatic carbocycles. The molecule has 0 unspecified atom stereocenters. The van der Waals surface area contributed by atoms with Crippen LogP contribution in [0.25, 0.3) is 0 Å². The number of hydrogen-bond donors (Lipinski definition) is 1. The monoisotopic (exact) mass is 232 g/mol. The lowest BCUT2D eigenvalue weighted by molar-refractivity contribution is 0.412. The lowest BCUT2D eigenvalue weighted by atomic mass is 9.97. The van der Waals surface area contributed by atoms with Gasteiger partial charge in [-0.2, -0.15) is 0 Å². The summed E-state index contributed by atoms with van der Waals surface area (Å²) in [4.78, 5) is 2.39. The lowest BCUT2D eigenvalue weighted by Crippen LogP contribution is -2.27. The van der Waals surface area contributed by atoms with E-state index >= 15 is 0 Å². The first-order chi connectivity index (χ1) is 8.35. The molecule has 2 nitrogen and oxygen atoms in total. The van der Waals surface area contributed by atoms with E-state index in [1.165, 1.54) is 37.1 Å². The van der Waals surface area contributed by atoms with Crippen LogP contribution in [0, 0.1) is 0 Å². The Kier molecular flexibility index (Phi) is 4.43. The topological polar surface area (TPSA) is 15.3 Å². The SMILES string of the molecule is CCN(CC)c1ccc([C@H]2CCCCN2)cc1. The molecule has 1 atom stereocenters. The van der Waals surface area contributed by atoms with Crippen LogP contribution in [0.3, 0.4) is 0 Å². The molecule has 1 fully saturated rings. The number of benzene rings is 1. The number of nitrogens with one attached hydrogen (secondary N) is 1. The van der Waals surface area contributed by atoms with Gasteiger partial charge in [-0.15, -0.1) is 0 Å². The summed E-state index contributed by atoms with van der Waals surface area (Å²) in [7, 11) is 0. The maximum Gasteiger partial charge on any atom is 0.0366 e. The van der Waals surface area contributed by atoms with E-state index < -0.39 is 0 Å². The van der Waals surface area contributed by atoms with Crippen molar-refractivity contribution in [1.29, 1.82) is 0 Å². The third-order valence-electron chi connectivity index (χ3n) is 3.73. The summed E-state index contributed by atoms with van der Waals surface area (Å²) in [6, 6.07) is 9.68. The molecule has 17 heavy (non-hydrogen) atoms. The molecular weight excluding hydrogens is 208 g/mol. The fourth-order valence-corrected chi connectivity index (χ4v) is 2.64. The molecule has 1 aliphatic heterocycles. The molecule has 0 saturated carbocycles. The first-order valence-corrected chi connectivity index (χ1v) is 6.93. The highest BCUT2D eigenvalue weighted by molar-refractivity contribution is 5.47. The zero-order valence-corrected chi connectivity index (χ0v) is 11.1. The van der Waals surface area contributed by atoms with Crippen molar-refractivity contribution >= 4 is 5.69 Å². The minimum Gasteiger partial charge on any atom is -0.372 e. The van der Waals surface area contributed by atoms with E-state index in [0.29, 0.717) is 6.04 Å². The lowest BCUT2D eigenvalue weighted by Gasteiger charge is -2.25. The van der Waals surface area contributed by atoms with Crippen molar-refractivity contribution in [3.05, 3.63) is 29.8 Å². The standard InChI is InChI=1S/C15H24N2/c1-3-17(4-2)14-10-8-13(9-11-14)15-7-5-6-12-16-15/h8-11,15-16H,3-7,12H2,1-2H3/t15-/m1/s1. The maximum atomic E-state index is 3.60. The molecule has 0 radical (unpaired) electrons. The second kappa shape index (κ2) is 6.06. The van der Waals surface area contributed by atoms with Crippen molar-refractivity contribution < 1.29 is 0 Å². The Morgan fingerprint density at radius 1 is 1.12 bits per heavy atom. The van der Waals surface area contributed by atoms with Gasteiger partial charge in [0.25, 0.3) is 0 Å². The fourth-order valence-electron chi connectivity index (χ4n) is 2.64. The molecule has 94 valence electrons. The molecule has 0 amide bonds. The molecule has 1 N–H and O–H groups in total. The molecular formula is C15H24N2. The maximum absolute atomic E-state index is 3.60. The number of hydrogen-bond acceptors (Lipinski definition) is 2. The summed E-state index contributed by atoms with van der Waals surface area (Å²) >= 11 is 0. The van der Waals surface area contributed by atoms with Crippen LogP contribution in [-0.4, -0.2) is 19.6 Å². The van der Waals surface area contributed by atoms with Gasteiger partial charge in [0.1, 0.15) is 0 Å². The van der Waals surface area contributed by atoms with Crippen molar-refractivity contribution in [2.45, 2.75) is 39.2 Å². The Bertz CT molecular complexity index is 321. The van der Waals surface area contributed by atoms with Crippen LogP contribution >= 0.6 is 0 Å². The van der Waals surface area contributed by atoms with E-state index in [2.05, 4.69) is 48.3 Å². The summed E-state index contributed by atoms with van der Waals surface area (Å²) < 4.78 is 0. The summed E-state index contributed by atoms with van der Waals surface area (Å²) in [5.74, 6) is 0. The predicted octanol–water partition coefficient (Wildman–Crippen LogP) is 3.35. The minimum atomic E-state index is 0.578. The first-order valence-electron chi connectivity index (χ1n) is 6.93. The normalized spacial score (nSPS) is 20.2. The van der Waals surface area contributed by atoms with Gasteiger partial charge in [0, 0.05) is 24.8 Å². The van der Waals surface area contributed by atoms with Crippen molar-refractivity contribution in [2.75, 3.05) is 24.5 Å². The van der Waals surface area contributed by atoms with E-state index in [-0.39, 0.29) is 0 Å². The average Bonchev–Trinajstić information content (AvgIpc) is 2.42. The Morgan fingerprint density at radius 3 is 2.35 bits per heavy atom. The molecule has 1 heterocycles. The molecule has 1 aliphatic rings. The second-order valence-electron chi connectivity index (χ2n) is 4.77. The molecule has 0 bridgehead atoms. The van der Waals surface area contributed by atoms with Crippen LogP contribution in [0.5, 0.6) is 0 Å². The largest absolute Gasteiger partial charge is 0.372 e. The highest BCUT2D eigenvalue weighted by Gasteiger charge is 2.14. The molecule has 2 rings (SSSR count). The number of piperidine rings is 1. The average molecular weight is 232 g/mol. The van der Waals surface area contributed by atoms with Gasteiger partial charge in [0.15, 0.2) is 0 Å². The summed E-state index contributed by atoms with van der Waals surface area (Å²) in [5.41, 5.74) is 2.79. The van der Waals surface area contributed by atoms with Gasteiger partial charge in [-0.3, -0.25) is 0 Å². The number of nitrogens with zero attached hydrogens (tertiary/aromatic N) is 1. The quantitative estimate of drug-likeness (QED) is 0.856. The van der Waals surface area contributed by atoms with E-state index in [4.69, 9.17) is 0 Å².